The van der Waals surface area contributed by atoms with Crippen molar-refractivity contribution >= 4 is 39.1 Å². The van der Waals surface area contributed by atoms with E-state index in [2.05, 4.69) is 26.0 Å². The summed E-state index contributed by atoms with van der Waals surface area (Å²) in [7, 11) is 0. The molecule has 3 nitrogen and oxygen atoms in total. The summed E-state index contributed by atoms with van der Waals surface area (Å²) in [6, 6.07) is 2.72. The number of rotatable bonds is 4. The first-order chi connectivity index (χ1) is 8.43. The second-order valence-electron chi connectivity index (χ2n) is 3.13. The summed E-state index contributed by atoms with van der Waals surface area (Å²) in [4.78, 5) is 11.4. The fraction of sp³-hybridized carbons (Fsp3) is 0.182. The fourth-order valence-electron chi connectivity index (χ4n) is 1.19. The summed E-state index contributed by atoms with van der Waals surface area (Å²) in [5.74, 6) is -0.641. The molecule has 0 saturated carbocycles. The predicted molar refractivity (Wildman–Crippen MR) is 69.2 cm³/mol. The third kappa shape index (κ3) is 4.27. The normalized spacial score (nSPS) is 11.0. The number of amides is 1. The van der Waals surface area contributed by atoms with E-state index in [-0.39, 0.29) is 20.9 Å². The zero-order valence-corrected chi connectivity index (χ0v) is 11.6. The lowest BCUT2D eigenvalue weighted by atomic mass is 10.3. The van der Waals surface area contributed by atoms with Crippen molar-refractivity contribution in [3.8, 4) is 5.75 Å². The van der Waals surface area contributed by atoms with E-state index in [0.29, 0.717) is 0 Å². The Hall–Kier alpha value is -1.14. The molecule has 0 aliphatic rings. The van der Waals surface area contributed by atoms with Crippen LogP contribution in [0.15, 0.2) is 28.8 Å². The molecule has 0 spiro atoms. The molecule has 0 aliphatic carbocycles. The van der Waals surface area contributed by atoms with E-state index in [1.54, 1.807) is 6.92 Å². The van der Waals surface area contributed by atoms with Gasteiger partial charge in [0, 0.05) is 5.02 Å². The lowest BCUT2D eigenvalue weighted by molar-refractivity contribution is -0.112. The average Bonchev–Trinajstić information content (AvgIpc) is 2.23. The van der Waals surface area contributed by atoms with Crippen LogP contribution in [0.25, 0.3) is 0 Å². The van der Waals surface area contributed by atoms with Gasteiger partial charge in [-0.1, -0.05) is 17.7 Å². The summed E-state index contributed by atoms with van der Waals surface area (Å²) in [6.45, 7) is -1.34. The largest absolute Gasteiger partial charge is 0.431 e. The summed E-state index contributed by atoms with van der Waals surface area (Å²) in [5.41, 5.74) is 0.0674. The van der Waals surface area contributed by atoms with Crippen LogP contribution in [-0.2, 0) is 4.79 Å². The van der Waals surface area contributed by atoms with E-state index >= 15 is 0 Å². The van der Waals surface area contributed by atoms with E-state index in [0.717, 1.165) is 0 Å². The third-order valence-electron chi connectivity index (χ3n) is 1.79. The van der Waals surface area contributed by atoms with E-state index in [9.17, 15) is 13.6 Å². The highest BCUT2D eigenvalue weighted by Gasteiger charge is 2.16. The summed E-state index contributed by atoms with van der Waals surface area (Å²) < 4.78 is 29.1. The minimum absolute atomic E-state index is 0.0674. The van der Waals surface area contributed by atoms with Crippen molar-refractivity contribution in [3.63, 3.8) is 0 Å². The quantitative estimate of drug-likeness (QED) is 0.834. The number of nitrogens with one attached hydrogen (secondary N) is 1. The zero-order chi connectivity index (χ0) is 13.7. The SMILES string of the molecule is CC=CC(=O)Nc1cc(Cl)cc(Br)c1OC(F)F. The number of halogens is 4. The molecule has 1 aromatic carbocycles. The van der Waals surface area contributed by atoms with Gasteiger partial charge in [0.15, 0.2) is 5.75 Å². The maximum Gasteiger partial charge on any atom is 0.387 e. The highest BCUT2D eigenvalue weighted by atomic mass is 79.9. The van der Waals surface area contributed by atoms with E-state index in [4.69, 9.17) is 11.6 Å². The predicted octanol–water partition coefficient (Wildman–Crippen LogP) is 4.22. The molecule has 0 heterocycles. The lowest BCUT2D eigenvalue weighted by Gasteiger charge is -2.13. The molecular weight excluding hydrogens is 331 g/mol. The molecule has 7 heteroatoms. The molecule has 0 fully saturated rings. The second kappa shape index (κ2) is 6.70. The summed E-state index contributed by atoms with van der Waals surface area (Å²) >= 11 is 8.82. The van der Waals surface area contributed by atoms with Crippen molar-refractivity contribution < 1.29 is 18.3 Å². The number of carbonyl (C=O) groups is 1. The number of anilines is 1. The molecule has 0 saturated heterocycles. The Bertz CT molecular complexity index is 480. The van der Waals surface area contributed by atoms with Gasteiger partial charge in [-0.25, -0.2) is 0 Å². The van der Waals surface area contributed by atoms with Crippen molar-refractivity contribution in [1.29, 1.82) is 0 Å². The van der Waals surface area contributed by atoms with Crippen molar-refractivity contribution in [2.45, 2.75) is 13.5 Å². The standard InChI is InChI=1S/C11H9BrClF2NO2/c1-2-3-9(17)16-8-5-6(13)4-7(12)10(8)18-11(14)15/h2-5,11H,1H3,(H,16,17). The highest BCUT2D eigenvalue weighted by Crippen LogP contribution is 2.37. The summed E-state index contributed by atoms with van der Waals surface area (Å²) in [6.07, 6.45) is 2.77. The van der Waals surface area contributed by atoms with Crippen LogP contribution >= 0.6 is 27.5 Å². The van der Waals surface area contributed by atoms with Crippen molar-refractivity contribution in [2.75, 3.05) is 5.32 Å². The number of benzene rings is 1. The molecule has 18 heavy (non-hydrogen) atoms. The summed E-state index contributed by atoms with van der Waals surface area (Å²) in [5, 5.41) is 2.68. The van der Waals surface area contributed by atoms with Crippen LogP contribution < -0.4 is 10.1 Å². The molecule has 98 valence electrons. The van der Waals surface area contributed by atoms with Crippen LogP contribution in [0.4, 0.5) is 14.5 Å². The minimum atomic E-state index is -3.00. The molecule has 0 aliphatic heterocycles. The Morgan fingerprint density at radius 3 is 2.78 bits per heavy atom. The number of hydrogen-bond acceptors (Lipinski definition) is 2. The van der Waals surface area contributed by atoms with Crippen LogP contribution in [0.3, 0.4) is 0 Å². The lowest BCUT2D eigenvalue weighted by Crippen LogP contribution is -2.11. The number of carbonyl (C=O) groups excluding carboxylic acids is 1. The van der Waals surface area contributed by atoms with E-state index < -0.39 is 12.5 Å². The van der Waals surface area contributed by atoms with Gasteiger partial charge in [-0.15, -0.1) is 0 Å². The Kier molecular flexibility index (Phi) is 5.55. The van der Waals surface area contributed by atoms with E-state index in [1.165, 1.54) is 24.3 Å². The Morgan fingerprint density at radius 1 is 1.56 bits per heavy atom. The Balaban J connectivity index is 3.10. The minimum Gasteiger partial charge on any atom is -0.431 e. The van der Waals surface area contributed by atoms with Crippen LogP contribution in [0.5, 0.6) is 5.75 Å². The monoisotopic (exact) mass is 339 g/mol. The van der Waals surface area contributed by atoms with Crippen LogP contribution in [0.2, 0.25) is 5.02 Å². The second-order valence-corrected chi connectivity index (χ2v) is 4.42. The number of ether oxygens (including phenoxy) is 1. The first kappa shape index (κ1) is 14.9. The third-order valence-corrected chi connectivity index (χ3v) is 2.60. The van der Waals surface area contributed by atoms with Crippen molar-refractivity contribution in [1.82, 2.24) is 0 Å². The molecule has 1 amide bonds. The fourth-order valence-corrected chi connectivity index (χ4v) is 2.09. The van der Waals surface area contributed by atoms with Gasteiger partial charge in [0.25, 0.3) is 0 Å². The molecule has 1 aromatic rings. The smallest absolute Gasteiger partial charge is 0.387 e. The van der Waals surface area contributed by atoms with Crippen LogP contribution in [-0.4, -0.2) is 12.5 Å². The number of hydrogen-bond donors (Lipinski definition) is 1. The van der Waals surface area contributed by atoms with Gasteiger partial charge in [-0.05, 0) is 41.1 Å². The molecule has 0 unspecified atom stereocenters. The first-order valence-electron chi connectivity index (χ1n) is 4.81. The van der Waals surface area contributed by atoms with Crippen LogP contribution in [0, 0.1) is 0 Å². The van der Waals surface area contributed by atoms with Gasteiger partial charge >= 0.3 is 6.61 Å². The van der Waals surface area contributed by atoms with Crippen molar-refractivity contribution in [3.05, 3.63) is 33.8 Å². The van der Waals surface area contributed by atoms with Crippen molar-refractivity contribution in [2.24, 2.45) is 0 Å². The zero-order valence-electron chi connectivity index (χ0n) is 9.22. The molecule has 0 aromatic heterocycles. The average molecular weight is 341 g/mol. The molecule has 0 atom stereocenters. The van der Waals surface area contributed by atoms with Gasteiger partial charge in [-0.3, -0.25) is 4.79 Å². The molecule has 1 rings (SSSR count). The first-order valence-corrected chi connectivity index (χ1v) is 5.98. The molecule has 1 N–H and O–H groups in total. The van der Waals surface area contributed by atoms with Gasteiger partial charge in [-0.2, -0.15) is 8.78 Å². The van der Waals surface area contributed by atoms with Gasteiger partial charge < -0.3 is 10.1 Å². The Morgan fingerprint density at radius 2 is 2.22 bits per heavy atom. The van der Waals surface area contributed by atoms with Gasteiger partial charge in [0.1, 0.15) is 0 Å². The van der Waals surface area contributed by atoms with Gasteiger partial charge in [0.2, 0.25) is 5.91 Å². The van der Waals surface area contributed by atoms with Crippen LogP contribution in [0.1, 0.15) is 6.92 Å². The maximum absolute atomic E-state index is 12.3. The highest BCUT2D eigenvalue weighted by molar-refractivity contribution is 9.10. The molecule has 0 radical (unpaired) electrons. The Labute approximate surface area is 116 Å². The topological polar surface area (TPSA) is 38.3 Å². The number of alkyl halides is 2. The molecule has 0 bridgehead atoms. The number of allylic oxidation sites excluding steroid dienone is 1. The van der Waals surface area contributed by atoms with E-state index in [1.807, 2.05) is 0 Å². The van der Waals surface area contributed by atoms with Gasteiger partial charge in [0.05, 0.1) is 10.2 Å². The maximum atomic E-state index is 12.3. The molecular formula is C11H9BrClF2NO2.